The number of aliphatic hydroxyl groups excluding tert-OH is 1. The number of hydrogen-bond acceptors (Lipinski definition) is 4. The molecule has 1 fully saturated rings. The van der Waals surface area contributed by atoms with Gasteiger partial charge in [0.05, 0.1) is 18.3 Å². The van der Waals surface area contributed by atoms with Crippen LogP contribution in [0.5, 0.6) is 5.75 Å². The SMILES string of the molecule is C[C@@H]1CC(NC[C@@H](O)c2cccc(OC(F)F)c2)C[C@@H](C)O1. The highest BCUT2D eigenvalue weighted by Crippen LogP contribution is 2.22. The van der Waals surface area contributed by atoms with Gasteiger partial charge < -0.3 is 19.9 Å². The molecule has 0 saturated carbocycles. The van der Waals surface area contributed by atoms with Gasteiger partial charge in [0.25, 0.3) is 0 Å². The molecule has 2 N–H and O–H groups in total. The number of alkyl halides is 2. The Labute approximate surface area is 129 Å². The van der Waals surface area contributed by atoms with Crippen LogP contribution in [0.2, 0.25) is 0 Å². The second-order valence-corrected chi connectivity index (χ2v) is 5.80. The molecule has 124 valence electrons. The molecule has 0 bridgehead atoms. The van der Waals surface area contributed by atoms with Gasteiger partial charge in [-0.05, 0) is 44.4 Å². The molecule has 22 heavy (non-hydrogen) atoms. The first-order valence-corrected chi connectivity index (χ1v) is 7.55. The van der Waals surface area contributed by atoms with Gasteiger partial charge in [0, 0.05) is 12.6 Å². The molecular formula is C16H23F2NO3. The maximum absolute atomic E-state index is 12.2. The Balaban J connectivity index is 1.87. The van der Waals surface area contributed by atoms with E-state index in [0.717, 1.165) is 12.8 Å². The van der Waals surface area contributed by atoms with E-state index in [4.69, 9.17) is 4.74 Å². The van der Waals surface area contributed by atoms with Crippen molar-refractivity contribution >= 4 is 0 Å². The van der Waals surface area contributed by atoms with E-state index in [-0.39, 0.29) is 24.0 Å². The second-order valence-electron chi connectivity index (χ2n) is 5.80. The molecule has 3 atom stereocenters. The van der Waals surface area contributed by atoms with Crippen molar-refractivity contribution in [2.75, 3.05) is 6.54 Å². The topological polar surface area (TPSA) is 50.7 Å². The van der Waals surface area contributed by atoms with Gasteiger partial charge in [0.15, 0.2) is 0 Å². The largest absolute Gasteiger partial charge is 0.435 e. The van der Waals surface area contributed by atoms with Crippen LogP contribution < -0.4 is 10.1 Å². The quantitative estimate of drug-likeness (QED) is 0.847. The Hall–Kier alpha value is -1.24. The smallest absolute Gasteiger partial charge is 0.387 e. The van der Waals surface area contributed by atoms with Crippen LogP contribution in [0.1, 0.15) is 38.4 Å². The van der Waals surface area contributed by atoms with Crippen LogP contribution >= 0.6 is 0 Å². The Bertz CT molecular complexity index is 462. The molecule has 0 aliphatic carbocycles. The fourth-order valence-corrected chi connectivity index (χ4v) is 2.87. The zero-order valence-corrected chi connectivity index (χ0v) is 12.8. The zero-order chi connectivity index (χ0) is 16.1. The summed E-state index contributed by atoms with van der Waals surface area (Å²) in [5, 5.41) is 13.5. The summed E-state index contributed by atoms with van der Waals surface area (Å²) in [5.41, 5.74) is 0.554. The minimum Gasteiger partial charge on any atom is -0.435 e. The van der Waals surface area contributed by atoms with E-state index >= 15 is 0 Å². The molecule has 1 aromatic rings. The lowest BCUT2D eigenvalue weighted by atomic mass is 9.99. The van der Waals surface area contributed by atoms with E-state index in [1.165, 1.54) is 12.1 Å². The van der Waals surface area contributed by atoms with E-state index in [1.54, 1.807) is 12.1 Å². The van der Waals surface area contributed by atoms with Gasteiger partial charge in [-0.1, -0.05) is 12.1 Å². The van der Waals surface area contributed by atoms with Gasteiger partial charge in [-0.3, -0.25) is 0 Å². The van der Waals surface area contributed by atoms with Crippen LogP contribution in [-0.4, -0.2) is 36.5 Å². The highest BCUT2D eigenvalue weighted by Gasteiger charge is 2.24. The molecule has 1 aliphatic rings. The number of ether oxygens (including phenoxy) is 2. The highest BCUT2D eigenvalue weighted by atomic mass is 19.3. The number of hydrogen-bond donors (Lipinski definition) is 2. The summed E-state index contributed by atoms with van der Waals surface area (Å²) in [4.78, 5) is 0. The van der Waals surface area contributed by atoms with Crippen molar-refractivity contribution in [1.29, 1.82) is 0 Å². The van der Waals surface area contributed by atoms with Gasteiger partial charge in [0.1, 0.15) is 5.75 Å². The van der Waals surface area contributed by atoms with Crippen molar-refractivity contribution in [1.82, 2.24) is 5.32 Å². The summed E-state index contributed by atoms with van der Waals surface area (Å²) in [6.45, 7) is 1.57. The normalized spacial score (nSPS) is 26.9. The van der Waals surface area contributed by atoms with Gasteiger partial charge >= 0.3 is 6.61 Å². The number of benzene rings is 1. The molecule has 6 heteroatoms. The van der Waals surface area contributed by atoms with Crippen LogP contribution in [0.4, 0.5) is 8.78 Å². The predicted octanol–water partition coefficient (Wildman–Crippen LogP) is 2.87. The predicted molar refractivity (Wildman–Crippen MR) is 79.1 cm³/mol. The van der Waals surface area contributed by atoms with Gasteiger partial charge in [0.2, 0.25) is 0 Å². The first kappa shape index (κ1) is 17.1. The van der Waals surface area contributed by atoms with Crippen LogP contribution in [0.3, 0.4) is 0 Å². The summed E-state index contributed by atoms with van der Waals surface area (Å²) in [6.07, 6.45) is 1.41. The van der Waals surface area contributed by atoms with Crippen LogP contribution in [0.15, 0.2) is 24.3 Å². The Morgan fingerprint density at radius 1 is 1.32 bits per heavy atom. The molecule has 1 heterocycles. The van der Waals surface area contributed by atoms with Crippen molar-refractivity contribution in [3.63, 3.8) is 0 Å². The number of nitrogens with one attached hydrogen (secondary N) is 1. The van der Waals surface area contributed by atoms with Crippen molar-refractivity contribution in [3.8, 4) is 5.75 Å². The maximum Gasteiger partial charge on any atom is 0.387 e. The average molecular weight is 315 g/mol. The van der Waals surface area contributed by atoms with Crippen LogP contribution in [-0.2, 0) is 4.74 Å². The third-order valence-electron chi connectivity index (χ3n) is 3.77. The fourth-order valence-electron chi connectivity index (χ4n) is 2.87. The lowest BCUT2D eigenvalue weighted by Gasteiger charge is -2.33. The molecule has 0 aromatic heterocycles. The molecule has 2 rings (SSSR count). The van der Waals surface area contributed by atoms with Crippen LogP contribution in [0, 0.1) is 0 Å². The van der Waals surface area contributed by atoms with E-state index in [0.29, 0.717) is 12.1 Å². The molecular weight excluding hydrogens is 292 g/mol. The standard InChI is InChI=1S/C16H23F2NO3/c1-10-6-13(7-11(2)21-10)19-9-15(20)12-4-3-5-14(8-12)22-16(17)18/h3-5,8,10-11,13,15-16,19-20H,6-7,9H2,1-2H3/t10-,11-,15-/m1/s1. The van der Waals surface area contributed by atoms with Crippen molar-refractivity contribution < 1.29 is 23.4 Å². The summed E-state index contributed by atoms with van der Waals surface area (Å²) < 4.78 is 34.4. The molecule has 0 radical (unpaired) electrons. The average Bonchev–Trinajstić information content (AvgIpc) is 2.43. The Morgan fingerprint density at radius 2 is 2.00 bits per heavy atom. The first-order valence-electron chi connectivity index (χ1n) is 7.55. The number of aliphatic hydroxyl groups is 1. The summed E-state index contributed by atoms with van der Waals surface area (Å²) >= 11 is 0. The summed E-state index contributed by atoms with van der Waals surface area (Å²) in [5.74, 6) is 0.0554. The molecule has 1 aliphatic heterocycles. The minimum atomic E-state index is -2.87. The molecule has 0 spiro atoms. The third-order valence-corrected chi connectivity index (χ3v) is 3.77. The monoisotopic (exact) mass is 315 g/mol. The van der Waals surface area contributed by atoms with Gasteiger partial charge in [-0.2, -0.15) is 8.78 Å². The molecule has 1 saturated heterocycles. The van der Waals surface area contributed by atoms with E-state index in [2.05, 4.69) is 10.1 Å². The lowest BCUT2D eigenvalue weighted by Crippen LogP contribution is -2.42. The van der Waals surface area contributed by atoms with E-state index in [1.807, 2.05) is 13.8 Å². The third kappa shape index (κ3) is 5.19. The van der Waals surface area contributed by atoms with E-state index < -0.39 is 12.7 Å². The highest BCUT2D eigenvalue weighted by molar-refractivity contribution is 5.30. The maximum atomic E-state index is 12.2. The molecule has 0 unspecified atom stereocenters. The van der Waals surface area contributed by atoms with Crippen molar-refractivity contribution in [2.24, 2.45) is 0 Å². The van der Waals surface area contributed by atoms with Gasteiger partial charge in [-0.25, -0.2) is 0 Å². The Kier molecular flexibility index (Phi) is 6.11. The van der Waals surface area contributed by atoms with Crippen LogP contribution in [0.25, 0.3) is 0 Å². The number of rotatable bonds is 6. The first-order chi connectivity index (χ1) is 10.4. The van der Waals surface area contributed by atoms with Gasteiger partial charge in [-0.15, -0.1) is 0 Å². The second kappa shape index (κ2) is 7.85. The molecule has 4 nitrogen and oxygen atoms in total. The van der Waals surface area contributed by atoms with Crippen molar-refractivity contribution in [3.05, 3.63) is 29.8 Å². The zero-order valence-electron chi connectivity index (χ0n) is 12.8. The minimum absolute atomic E-state index is 0.0554. The summed E-state index contributed by atoms with van der Waals surface area (Å²) in [6, 6.07) is 6.45. The van der Waals surface area contributed by atoms with E-state index in [9.17, 15) is 13.9 Å². The molecule has 1 aromatic carbocycles. The summed E-state index contributed by atoms with van der Waals surface area (Å²) in [7, 11) is 0. The lowest BCUT2D eigenvalue weighted by molar-refractivity contribution is -0.0499. The fraction of sp³-hybridized carbons (Fsp3) is 0.625. The molecule has 0 amide bonds. The number of halogens is 2. The van der Waals surface area contributed by atoms with Crippen molar-refractivity contribution in [2.45, 2.75) is 57.7 Å². The Morgan fingerprint density at radius 3 is 2.64 bits per heavy atom.